The number of likely N-dealkylation sites (tertiary alicyclic amines) is 1. The first kappa shape index (κ1) is 15.9. The largest absolute Gasteiger partial charge is 0.420 e. The summed E-state index contributed by atoms with van der Waals surface area (Å²) in [6.07, 6.45) is 4.61. The van der Waals surface area contributed by atoms with Crippen LogP contribution < -0.4 is 5.76 Å². The van der Waals surface area contributed by atoms with E-state index >= 15 is 0 Å². The molecule has 1 aliphatic rings. The lowest BCUT2D eigenvalue weighted by Gasteiger charge is -2.32. The zero-order valence-corrected chi connectivity index (χ0v) is 14.1. The fourth-order valence-electron chi connectivity index (χ4n) is 3.36. The van der Waals surface area contributed by atoms with Crippen LogP contribution in [0.5, 0.6) is 0 Å². The summed E-state index contributed by atoms with van der Waals surface area (Å²) in [6.45, 7) is 1.18. The van der Waals surface area contributed by atoms with Gasteiger partial charge in [0.1, 0.15) is 0 Å². The lowest BCUT2D eigenvalue weighted by atomic mass is 10.0. The van der Waals surface area contributed by atoms with E-state index in [0.29, 0.717) is 47.6 Å². The molecule has 3 aromatic rings. The number of pyridine rings is 1. The highest BCUT2D eigenvalue weighted by Crippen LogP contribution is 2.27. The van der Waals surface area contributed by atoms with Crippen LogP contribution in [0, 0.1) is 0 Å². The maximum Gasteiger partial charge on any atom is 0.420 e. The molecule has 0 atom stereocenters. The molecule has 1 aliphatic heterocycles. The molecule has 4 rings (SSSR count). The average Bonchev–Trinajstić information content (AvgIpc) is 2.97. The second-order valence-corrected chi connectivity index (χ2v) is 6.55. The van der Waals surface area contributed by atoms with Gasteiger partial charge in [-0.1, -0.05) is 11.6 Å². The van der Waals surface area contributed by atoms with Gasteiger partial charge in [0, 0.05) is 42.1 Å². The molecule has 0 spiro atoms. The summed E-state index contributed by atoms with van der Waals surface area (Å²) in [5, 5.41) is 0.562. The molecule has 7 heteroatoms. The van der Waals surface area contributed by atoms with Crippen molar-refractivity contribution in [2.75, 3.05) is 13.1 Å². The number of oxazole rings is 1. The molecule has 6 nitrogen and oxygen atoms in total. The number of nitrogens with zero attached hydrogens (tertiary/aromatic N) is 3. The first-order valence-corrected chi connectivity index (χ1v) is 8.51. The van der Waals surface area contributed by atoms with Gasteiger partial charge in [0.15, 0.2) is 5.58 Å². The molecule has 0 bridgehead atoms. The fourth-order valence-corrected chi connectivity index (χ4v) is 3.52. The molecule has 0 saturated carbocycles. The van der Waals surface area contributed by atoms with Crippen LogP contribution in [0.1, 0.15) is 29.2 Å². The van der Waals surface area contributed by atoms with E-state index in [1.807, 2.05) is 4.90 Å². The predicted molar refractivity (Wildman–Crippen MR) is 93.9 cm³/mol. The number of rotatable bonds is 2. The van der Waals surface area contributed by atoms with Crippen molar-refractivity contribution < 1.29 is 9.21 Å². The summed E-state index contributed by atoms with van der Waals surface area (Å²) in [6, 6.07) is 8.57. The number of hydrogen-bond donors (Lipinski definition) is 0. The molecule has 0 radical (unpaired) electrons. The number of aromatic nitrogens is 2. The Morgan fingerprint density at radius 3 is 2.60 bits per heavy atom. The lowest BCUT2D eigenvalue weighted by Crippen LogP contribution is -2.40. The highest BCUT2D eigenvalue weighted by Gasteiger charge is 2.27. The second kappa shape index (κ2) is 6.37. The summed E-state index contributed by atoms with van der Waals surface area (Å²) in [7, 11) is 0. The Balaban J connectivity index is 1.55. The Hall–Kier alpha value is -2.60. The van der Waals surface area contributed by atoms with Crippen molar-refractivity contribution >= 4 is 28.6 Å². The van der Waals surface area contributed by atoms with Gasteiger partial charge in [-0.15, -0.1) is 0 Å². The minimum Gasteiger partial charge on any atom is -0.408 e. The molecule has 0 N–H and O–H groups in total. The Morgan fingerprint density at radius 2 is 1.88 bits per heavy atom. The van der Waals surface area contributed by atoms with Crippen molar-refractivity contribution in [3.8, 4) is 0 Å². The van der Waals surface area contributed by atoms with Crippen LogP contribution in [-0.4, -0.2) is 33.4 Å². The number of amides is 1. The number of fused-ring (bicyclic) bond motifs is 1. The van der Waals surface area contributed by atoms with E-state index in [-0.39, 0.29) is 17.7 Å². The molecular formula is C18H16ClN3O3. The van der Waals surface area contributed by atoms with Gasteiger partial charge in [0.05, 0.1) is 5.52 Å². The molecule has 0 aliphatic carbocycles. The summed E-state index contributed by atoms with van der Waals surface area (Å²) in [4.78, 5) is 30.5. The van der Waals surface area contributed by atoms with E-state index < -0.39 is 0 Å². The molecule has 1 amide bonds. The van der Waals surface area contributed by atoms with Gasteiger partial charge in [-0.2, -0.15) is 0 Å². The summed E-state index contributed by atoms with van der Waals surface area (Å²) in [5.41, 5.74) is 1.87. The van der Waals surface area contributed by atoms with Crippen molar-refractivity contribution in [2.24, 2.45) is 0 Å². The van der Waals surface area contributed by atoms with Crippen LogP contribution in [0.4, 0.5) is 0 Å². The number of piperidine rings is 1. The second-order valence-electron chi connectivity index (χ2n) is 6.11. The van der Waals surface area contributed by atoms with Crippen LogP contribution in [0.15, 0.2) is 51.9 Å². The van der Waals surface area contributed by atoms with Gasteiger partial charge in [-0.05, 0) is 43.2 Å². The van der Waals surface area contributed by atoms with Crippen molar-refractivity contribution in [2.45, 2.75) is 18.9 Å². The topological polar surface area (TPSA) is 68.3 Å². The number of benzene rings is 1. The number of hydrogen-bond acceptors (Lipinski definition) is 4. The van der Waals surface area contributed by atoms with E-state index in [2.05, 4.69) is 4.98 Å². The average molecular weight is 358 g/mol. The molecule has 2 aromatic heterocycles. The van der Waals surface area contributed by atoms with Crippen LogP contribution in [0.2, 0.25) is 5.02 Å². The van der Waals surface area contributed by atoms with E-state index in [4.69, 9.17) is 16.0 Å². The molecular weight excluding hydrogens is 342 g/mol. The first-order valence-electron chi connectivity index (χ1n) is 8.13. The number of carbonyl (C=O) groups excluding carboxylic acids is 1. The standard InChI is InChI=1S/C18H16ClN3O3/c19-13-1-2-16-15(11-13)22(18(24)25-16)14-5-9-21(10-6-14)17(23)12-3-7-20-8-4-12/h1-4,7-8,11,14H,5-6,9-10H2. The molecule has 3 heterocycles. The van der Waals surface area contributed by atoms with Gasteiger partial charge >= 0.3 is 5.76 Å². The normalized spacial score (nSPS) is 15.6. The van der Waals surface area contributed by atoms with Crippen molar-refractivity contribution in [1.29, 1.82) is 0 Å². The maximum absolute atomic E-state index is 12.5. The lowest BCUT2D eigenvalue weighted by molar-refractivity contribution is 0.0693. The maximum atomic E-state index is 12.5. The zero-order chi connectivity index (χ0) is 17.4. The van der Waals surface area contributed by atoms with E-state index in [0.717, 1.165) is 0 Å². The Kier molecular flexibility index (Phi) is 4.05. The van der Waals surface area contributed by atoms with Gasteiger partial charge in [-0.3, -0.25) is 14.3 Å². The van der Waals surface area contributed by atoms with Gasteiger partial charge in [-0.25, -0.2) is 4.79 Å². The van der Waals surface area contributed by atoms with Crippen molar-refractivity contribution in [3.63, 3.8) is 0 Å². The van der Waals surface area contributed by atoms with E-state index in [1.54, 1.807) is 47.3 Å². The molecule has 0 unspecified atom stereocenters. The third-order valence-electron chi connectivity index (χ3n) is 4.62. The van der Waals surface area contributed by atoms with Crippen LogP contribution in [-0.2, 0) is 0 Å². The molecule has 25 heavy (non-hydrogen) atoms. The van der Waals surface area contributed by atoms with Crippen molar-refractivity contribution in [1.82, 2.24) is 14.5 Å². The fraction of sp³-hybridized carbons (Fsp3) is 0.278. The summed E-state index contributed by atoms with van der Waals surface area (Å²) in [5.74, 6) is -0.385. The third kappa shape index (κ3) is 2.93. The molecule has 1 fully saturated rings. The predicted octanol–water partition coefficient (Wildman–Crippen LogP) is 3.12. The first-order chi connectivity index (χ1) is 12.1. The molecule has 1 saturated heterocycles. The summed E-state index contributed by atoms with van der Waals surface area (Å²) >= 11 is 6.06. The number of carbonyl (C=O) groups is 1. The number of halogens is 1. The monoisotopic (exact) mass is 357 g/mol. The smallest absolute Gasteiger partial charge is 0.408 e. The Bertz CT molecular complexity index is 972. The Labute approximate surface area is 148 Å². The SMILES string of the molecule is O=C(c1ccncc1)N1CCC(n2c(=O)oc3ccc(Cl)cc32)CC1. The van der Waals surface area contributed by atoms with Crippen LogP contribution in [0.3, 0.4) is 0 Å². The molecule has 128 valence electrons. The highest BCUT2D eigenvalue weighted by atomic mass is 35.5. The van der Waals surface area contributed by atoms with Gasteiger partial charge in [0.2, 0.25) is 0 Å². The van der Waals surface area contributed by atoms with Crippen molar-refractivity contribution in [3.05, 3.63) is 63.9 Å². The van der Waals surface area contributed by atoms with Crippen LogP contribution >= 0.6 is 11.6 Å². The highest BCUT2D eigenvalue weighted by molar-refractivity contribution is 6.31. The van der Waals surface area contributed by atoms with Gasteiger partial charge in [0.25, 0.3) is 5.91 Å². The zero-order valence-electron chi connectivity index (χ0n) is 13.4. The van der Waals surface area contributed by atoms with E-state index in [9.17, 15) is 9.59 Å². The minimum atomic E-state index is -0.379. The minimum absolute atomic E-state index is 0.00583. The van der Waals surface area contributed by atoms with E-state index in [1.165, 1.54) is 0 Å². The van der Waals surface area contributed by atoms with Crippen LogP contribution in [0.25, 0.3) is 11.1 Å². The third-order valence-corrected chi connectivity index (χ3v) is 4.85. The summed E-state index contributed by atoms with van der Waals surface area (Å²) < 4.78 is 6.97. The molecule has 1 aromatic carbocycles. The van der Waals surface area contributed by atoms with Gasteiger partial charge < -0.3 is 9.32 Å². The Morgan fingerprint density at radius 1 is 1.16 bits per heavy atom. The quantitative estimate of drug-likeness (QED) is 0.706.